The summed E-state index contributed by atoms with van der Waals surface area (Å²) in [5.74, 6) is 2.65. The first-order chi connectivity index (χ1) is 18.4. The van der Waals surface area contributed by atoms with Gasteiger partial charge in [-0.05, 0) is 103 Å². The van der Waals surface area contributed by atoms with Gasteiger partial charge in [0.25, 0.3) is 0 Å². The van der Waals surface area contributed by atoms with Crippen LogP contribution in [0.4, 0.5) is 0 Å². The van der Waals surface area contributed by atoms with Gasteiger partial charge >= 0.3 is 0 Å². The van der Waals surface area contributed by atoms with Crippen LogP contribution in [0.1, 0.15) is 139 Å². The Morgan fingerprint density at radius 1 is 0.615 bits per heavy atom. The normalized spacial score (nSPS) is 20.3. The van der Waals surface area contributed by atoms with Crippen LogP contribution < -0.4 is 14.2 Å². The highest BCUT2D eigenvalue weighted by Crippen LogP contribution is 2.67. The molecule has 0 amide bonds. The highest BCUT2D eigenvalue weighted by Gasteiger charge is 2.59. The molecule has 0 saturated carbocycles. The fourth-order valence-electron chi connectivity index (χ4n) is 7.44. The molecule has 2 aliphatic rings. The fourth-order valence-corrected chi connectivity index (χ4v) is 7.44. The molecule has 0 aliphatic heterocycles. The maximum Gasteiger partial charge on any atom is 0.203 e. The van der Waals surface area contributed by atoms with Gasteiger partial charge in [-0.25, -0.2) is 0 Å². The van der Waals surface area contributed by atoms with E-state index in [9.17, 15) is 0 Å². The molecule has 0 N–H and O–H groups in total. The van der Waals surface area contributed by atoms with E-state index in [1.165, 1.54) is 33.4 Å². The molecule has 3 heteroatoms. The van der Waals surface area contributed by atoms with Crippen LogP contribution >= 0.6 is 0 Å². The van der Waals surface area contributed by atoms with Crippen LogP contribution in [0.5, 0.6) is 17.2 Å². The van der Waals surface area contributed by atoms with Crippen molar-refractivity contribution in [2.45, 2.75) is 137 Å². The molecule has 0 heterocycles. The van der Waals surface area contributed by atoms with Crippen molar-refractivity contribution >= 4 is 0 Å². The van der Waals surface area contributed by atoms with E-state index in [0.717, 1.165) is 68.6 Å². The minimum Gasteiger partial charge on any atom is -0.490 e. The molecular formula is C36H54O3. The molecule has 2 aromatic rings. The van der Waals surface area contributed by atoms with E-state index in [2.05, 4.69) is 81.4 Å². The maximum atomic E-state index is 6.85. The van der Waals surface area contributed by atoms with E-state index in [1.54, 1.807) is 5.56 Å². The highest BCUT2D eigenvalue weighted by atomic mass is 16.5. The molecule has 3 nitrogen and oxygen atoms in total. The van der Waals surface area contributed by atoms with Gasteiger partial charge in [0.15, 0.2) is 11.5 Å². The Morgan fingerprint density at radius 2 is 1.10 bits per heavy atom. The zero-order valence-electron chi connectivity index (χ0n) is 26.7. The molecular weight excluding hydrogens is 480 g/mol. The number of rotatable bonds is 12. The zero-order chi connectivity index (χ0) is 28.6. The van der Waals surface area contributed by atoms with E-state index < -0.39 is 0 Å². The summed E-state index contributed by atoms with van der Waals surface area (Å²) in [6.45, 7) is 25.4. The van der Waals surface area contributed by atoms with E-state index >= 15 is 0 Å². The van der Waals surface area contributed by atoms with Crippen molar-refractivity contribution in [2.75, 3.05) is 19.8 Å². The van der Waals surface area contributed by atoms with Crippen molar-refractivity contribution in [3.8, 4) is 17.2 Å². The monoisotopic (exact) mass is 534 g/mol. The summed E-state index contributed by atoms with van der Waals surface area (Å²) < 4.78 is 20.0. The van der Waals surface area contributed by atoms with Crippen molar-refractivity contribution in [3.63, 3.8) is 0 Å². The molecule has 0 aromatic heterocycles. The molecule has 39 heavy (non-hydrogen) atoms. The quantitative estimate of drug-likeness (QED) is 0.254. The molecule has 0 fully saturated rings. The summed E-state index contributed by atoms with van der Waals surface area (Å²) in [6.07, 6.45) is 8.55. The average molecular weight is 535 g/mol. The smallest absolute Gasteiger partial charge is 0.203 e. The Morgan fingerprint density at radius 3 is 1.64 bits per heavy atom. The van der Waals surface area contributed by atoms with Crippen LogP contribution in [0, 0.1) is 20.8 Å². The summed E-state index contributed by atoms with van der Waals surface area (Å²) in [4.78, 5) is 0. The number of unbranched alkanes of at least 4 members (excludes halogenated alkanes) is 3. The lowest BCUT2D eigenvalue weighted by atomic mass is 9.71. The van der Waals surface area contributed by atoms with Gasteiger partial charge in [0.2, 0.25) is 5.75 Å². The van der Waals surface area contributed by atoms with Gasteiger partial charge in [-0.1, -0.05) is 73.8 Å². The summed E-state index contributed by atoms with van der Waals surface area (Å²) in [7, 11) is 0. The molecule has 2 aromatic carbocycles. The Kier molecular flexibility index (Phi) is 8.70. The van der Waals surface area contributed by atoms with Crippen LogP contribution in [-0.2, 0) is 16.2 Å². The van der Waals surface area contributed by atoms with Crippen molar-refractivity contribution < 1.29 is 14.2 Å². The van der Waals surface area contributed by atoms with Crippen LogP contribution in [0.15, 0.2) is 12.1 Å². The first-order valence-electron chi connectivity index (χ1n) is 15.7. The second-order valence-electron chi connectivity index (χ2n) is 13.6. The molecule has 216 valence electrons. The first kappa shape index (κ1) is 29.8. The SMILES string of the molecule is CCCCOc1cc2c(c(OCCCC)c1OCCCC)C1(CC(C)(C)c3cc(C)c(C)c(C)c31)CC2(C)C. The average Bonchev–Trinajstić information content (AvgIpc) is 3.22. The number of hydrogen-bond acceptors (Lipinski definition) is 3. The molecule has 0 radical (unpaired) electrons. The van der Waals surface area contributed by atoms with Gasteiger partial charge in [0, 0.05) is 11.0 Å². The minimum atomic E-state index is -0.105. The first-order valence-corrected chi connectivity index (χ1v) is 15.7. The Labute approximate surface area is 239 Å². The van der Waals surface area contributed by atoms with Crippen LogP contribution in [-0.4, -0.2) is 19.8 Å². The molecule has 1 unspecified atom stereocenters. The number of benzene rings is 2. The summed E-state index contributed by atoms with van der Waals surface area (Å²) >= 11 is 0. The van der Waals surface area contributed by atoms with Gasteiger partial charge in [-0.2, -0.15) is 0 Å². The summed E-state index contributed by atoms with van der Waals surface area (Å²) in [6, 6.07) is 4.81. The van der Waals surface area contributed by atoms with Crippen LogP contribution in [0.2, 0.25) is 0 Å². The molecule has 0 saturated heterocycles. The van der Waals surface area contributed by atoms with Crippen molar-refractivity contribution in [2.24, 2.45) is 0 Å². The summed E-state index contributed by atoms with van der Waals surface area (Å²) in [5.41, 5.74) is 10.1. The van der Waals surface area contributed by atoms with Crippen LogP contribution in [0.25, 0.3) is 0 Å². The second-order valence-corrected chi connectivity index (χ2v) is 13.6. The van der Waals surface area contributed by atoms with Gasteiger partial charge < -0.3 is 14.2 Å². The lowest BCUT2D eigenvalue weighted by molar-refractivity contribution is 0.233. The molecule has 1 spiro atoms. The van der Waals surface area contributed by atoms with Crippen molar-refractivity contribution in [1.29, 1.82) is 0 Å². The standard InChI is InChI=1S/C36H54O3/c1-11-14-17-37-29-21-28-31(33(39-19-16-13-3)32(29)38-18-15-12-2)36(23-35(28,9)10)22-34(7,8)27-20-24(4)25(5)26(6)30(27)36/h20-21H,11-19,22-23H2,1-10H3. The highest BCUT2D eigenvalue weighted by molar-refractivity contribution is 5.71. The van der Waals surface area contributed by atoms with Crippen LogP contribution in [0.3, 0.4) is 0 Å². The van der Waals surface area contributed by atoms with E-state index in [1.807, 2.05) is 0 Å². The third-order valence-electron chi connectivity index (χ3n) is 9.51. The topological polar surface area (TPSA) is 27.7 Å². The number of ether oxygens (including phenoxy) is 3. The Hall–Kier alpha value is -2.16. The number of aryl methyl sites for hydroxylation is 1. The van der Waals surface area contributed by atoms with E-state index in [0.29, 0.717) is 19.8 Å². The molecule has 0 bridgehead atoms. The maximum absolute atomic E-state index is 6.85. The molecule has 1 atom stereocenters. The molecule has 2 aliphatic carbocycles. The third kappa shape index (κ3) is 5.20. The van der Waals surface area contributed by atoms with Gasteiger partial charge in [-0.3, -0.25) is 0 Å². The number of fused-ring (bicyclic) bond motifs is 4. The van der Waals surface area contributed by atoms with Gasteiger partial charge in [0.05, 0.1) is 19.8 Å². The minimum absolute atomic E-state index is 0.00800. The number of hydrogen-bond donors (Lipinski definition) is 0. The fraction of sp³-hybridized carbons (Fsp3) is 0.667. The lowest BCUT2D eigenvalue weighted by Gasteiger charge is -2.33. The third-order valence-corrected chi connectivity index (χ3v) is 9.51. The molecule has 4 rings (SSSR count). The van der Waals surface area contributed by atoms with Gasteiger partial charge in [0.1, 0.15) is 0 Å². The van der Waals surface area contributed by atoms with E-state index in [4.69, 9.17) is 14.2 Å². The Bertz CT molecular complexity index is 1190. The predicted octanol–water partition coefficient (Wildman–Crippen LogP) is 9.80. The Balaban J connectivity index is 2.04. The zero-order valence-corrected chi connectivity index (χ0v) is 26.7. The second kappa shape index (κ2) is 11.4. The predicted molar refractivity (Wildman–Crippen MR) is 164 cm³/mol. The lowest BCUT2D eigenvalue weighted by Crippen LogP contribution is -2.28. The van der Waals surface area contributed by atoms with Crippen molar-refractivity contribution in [1.82, 2.24) is 0 Å². The summed E-state index contributed by atoms with van der Waals surface area (Å²) in [5, 5.41) is 0. The van der Waals surface area contributed by atoms with Crippen molar-refractivity contribution in [3.05, 3.63) is 51.1 Å². The van der Waals surface area contributed by atoms with Gasteiger partial charge in [-0.15, -0.1) is 0 Å². The van der Waals surface area contributed by atoms with E-state index in [-0.39, 0.29) is 16.2 Å². The largest absolute Gasteiger partial charge is 0.490 e.